The van der Waals surface area contributed by atoms with Crippen molar-refractivity contribution < 1.29 is 18.8 Å². The number of hydrogen-bond donors (Lipinski definition) is 0. The average Bonchev–Trinajstić information content (AvgIpc) is 2.60. The van der Waals surface area contributed by atoms with E-state index in [0.29, 0.717) is 11.9 Å². The van der Waals surface area contributed by atoms with E-state index >= 15 is 0 Å². The van der Waals surface area contributed by atoms with Crippen molar-refractivity contribution in [3.05, 3.63) is 23.3 Å². The summed E-state index contributed by atoms with van der Waals surface area (Å²) in [5, 5.41) is 0.00844. The van der Waals surface area contributed by atoms with Crippen molar-refractivity contribution in [2.24, 2.45) is 0 Å². The quantitative estimate of drug-likeness (QED) is 0.339. The molecule has 0 heterocycles. The molecule has 1 atom stereocenters. The summed E-state index contributed by atoms with van der Waals surface area (Å²) in [6.45, 7) is 11.9. The van der Waals surface area contributed by atoms with Crippen LogP contribution in [0.25, 0.3) is 0 Å². The maximum Gasteiger partial charge on any atom is 0.192 e. The largest absolute Gasteiger partial charge is 0.409 e. The van der Waals surface area contributed by atoms with Gasteiger partial charge in [-0.15, -0.1) is 0 Å². The van der Waals surface area contributed by atoms with Crippen molar-refractivity contribution in [2.75, 3.05) is 0 Å². The highest BCUT2D eigenvalue weighted by Crippen LogP contribution is 2.40. The van der Waals surface area contributed by atoms with Gasteiger partial charge in [-0.2, -0.15) is 0 Å². The molecule has 0 aromatic heterocycles. The Morgan fingerprint density at radius 1 is 1.33 bits per heavy atom. The first-order chi connectivity index (χ1) is 9.51. The first-order valence-electron chi connectivity index (χ1n) is 7.09. The fourth-order valence-corrected chi connectivity index (χ4v) is 3.35. The molecule has 0 N–H and O–H groups in total. The molecule has 0 bridgehead atoms. The first-order valence-corrected chi connectivity index (χ1v) is 10.00. The highest BCUT2D eigenvalue weighted by Gasteiger charge is 2.43. The minimum Gasteiger partial charge on any atom is -0.409 e. The van der Waals surface area contributed by atoms with Gasteiger partial charge in [0.1, 0.15) is 6.29 Å². The zero-order valence-corrected chi connectivity index (χ0v) is 14.6. The molecule has 1 aliphatic rings. The molecule has 1 unspecified atom stereocenters. The van der Waals surface area contributed by atoms with Crippen LogP contribution in [0.3, 0.4) is 0 Å². The Morgan fingerprint density at radius 2 is 1.90 bits per heavy atom. The molecule has 0 fully saturated rings. The number of carbonyl (C=O) groups excluding carboxylic acids is 3. The lowest BCUT2D eigenvalue weighted by Gasteiger charge is -2.38. The van der Waals surface area contributed by atoms with E-state index in [-0.39, 0.29) is 28.6 Å². The second kappa shape index (κ2) is 6.20. The molecule has 0 amide bonds. The van der Waals surface area contributed by atoms with Crippen LogP contribution in [0.5, 0.6) is 0 Å². The summed E-state index contributed by atoms with van der Waals surface area (Å²) >= 11 is 0. The first kappa shape index (κ1) is 17.7. The van der Waals surface area contributed by atoms with Gasteiger partial charge in [-0.25, -0.2) is 0 Å². The maximum atomic E-state index is 12.1. The molecule has 0 saturated heterocycles. The van der Waals surface area contributed by atoms with Gasteiger partial charge in [0, 0.05) is 6.42 Å². The van der Waals surface area contributed by atoms with E-state index in [4.69, 9.17) is 4.43 Å². The molecule has 116 valence electrons. The Bertz CT molecular complexity index is 521. The van der Waals surface area contributed by atoms with Crippen LogP contribution < -0.4 is 0 Å². The van der Waals surface area contributed by atoms with Crippen molar-refractivity contribution in [3.8, 4) is 0 Å². The molecular weight excluding hydrogens is 284 g/mol. The highest BCUT2D eigenvalue weighted by molar-refractivity contribution is 6.74. The minimum atomic E-state index is -2.06. The van der Waals surface area contributed by atoms with E-state index in [2.05, 4.69) is 33.9 Å². The number of Topliss-reactive ketones (excluding diaryl/α,β-unsaturated/α-hetero) is 2. The van der Waals surface area contributed by atoms with Crippen LogP contribution in [0.4, 0.5) is 0 Å². The Balaban J connectivity index is 3.19. The topological polar surface area (TPSA) is 60.4 Å². The maximum absolute atomic E-state index is 12.1. The SMILES string of the molecule is CC(=O)C1=C(/C=C/C=O)C(O[Si](C)(C)C(C)(C)C)CC1=O. The molecule has 1 aliphatic carbocycles. The Hall–Kier alpha value is -1.33. The standard InChI is InChI=1S/C16H24O4Si/c1-11(18)15-12(8-7-9-17)14(10-13(15)19)20-21(5,6)16(2,3)4/h7-9,14H,10H2,1-6H3/b8-7+. The molecule has 0 saturated carbocycles. The van der Waals surface area contributed by atoms with Gasteiger partial charge in [0.2, 0.25) is 0 Å². The number of hydrogen-bond acceptors (Lipinski definition) is 4. The lowest BCUT2D eigenvalue weighted by atomic mass is 10.1. The molecule has 0 aromatic rings. The van der Waals surface area contributed by atoms with E-state index in [0.717, 1.165) is 0 Å². The predicted molar refractivity (Wildman–Crippen MR) is 84.6 cm³/mol. The third kappa shape index (κ3) is 3.86. The predicted octanol–water partition coefficient (Wildman–Crippen LogP) is 2.99. The van der Waals surface area contributed by atoms with Crippen LogP contribution in [-0.4, -0.2) is 32.3 Å². The van der Waals surface area contributed by atoms with Crippen LogP contribution in [0, 0.1) is 0 Å². The van der Waals surface area contributed by atoms with Gasteiger partial charge in [-0.1, -0.05) is 26.8 Å². The molecule has 0 aliphatic heterocycles. The van der Waals surface area contributed by atoms with Crippen molar-refractivity contribution in [1.82, 2.24) is 0 Å². The molecule has 0 aromatic carbocycles. The lowest BCUT2D eigenvalue weighted by molar-refractivity contribution is -0.120. The van der Waals surface area contributed by atoms with E-state index < -0.39 is 14.4 Å². The fraction of sp³-hybridized carbons (Fsp3) is 0.562. The van der Waals surface area contributed by atoms with Gasteiger partial charge >= 0.3 is 0 Å². The van der Waals surface area contributed by atoms with Gasteiger partial charge in [-0.3, -0.25) is 14.4 Å². The van der Waals surface area contributed by atoms with Gasteiger partial charge in [0.05, 0.1) is 11.7 Å². The van der Waals surface area contributed by atoms with Crippen molar-refractivity contribution in [2.45, 2.75) is 58.4 Å². The third-order valence-corrected chi connectivity index (χ3v) is 8.72. The zero-order chi connectivity index (χ0) is 16.4. The Kier molecular flexibility index (Phi) is 5.23. The zero-order valence-electron chi connectivity index (χ0n) is 13.6. The Morgan fingerprint density at radius 3 is 2.33 bits per heavy atom. The average molecular weight is 308 g/mol. The number of ketones is 2. The molecule has 21 heavy (non-hydrogen) atoms. The van der Waals surface area contributed by atoms with Crippen LogP contribution in [-0.2, 0) is 18.8 Å². The van der Waals surface area contributed by atoms with Crippen LogP contribution in [0.1, 0.15) is 34.1 Å². The van der Waals surface area contributed by atoms with Crippen LogP contribution >= 0.6 is 0 Å². The summed E-state index contributed by atoms with van der Waals surface area (Å²) in [4.78, 5) is 34.3. The third-order valence-electron chi connectivity index (χ3n) is 4.23. The molecule has 0 spiro atoms. The van der Waals surface area contributed by atoms with E-state index in [1.807, 2.05) is 0 Å². The summed E-state index contributed by atoms with van der Waals surface area (Å²) in [5.74, 6) is -0.469. The van der Waals surface area contributed by atoms with Crippen molar-refractivity contribution in [1.29, 1.82) is 0 Å². The second-order valence-electron chi connectivity index (χ2n) is 6.88. The molecule has 1 rings (SSSR count). The second-order valence-corrected chi connectivity index (χ2v) is 11.6. The van der Waals surface area contributed by atoms with E-state index in [1.165, 1.54) is 19.1 Å². The van der Waals surface area contributed by atoms with Crippen LogP contribution in [0.2, 0.25) is 18.1 Å². The van der Waals surface area contributed by atoms with Crippen molar-refractivity contribution in [3.63, 3.8) is 0 Å². The van der Waals surface area contributed by atoms with Crippen molar-refractivity contribution >= 4 is 26.2 Å². The molecular formula is C16H24O4Si. The van der Waals surface area contributed by atoms with Gasteiger partial charge in [0.25, 0.3) is 0 Å². The van der Waals surface area contributed by atoms with Gasteiger partial charge in [0.15, 0.2) is 19.9 Å². The lowest BCUT2D eigenvalue weighted by Crippen LogP contribution is -2.44. The van der Waals surface area contributed by atoms with E-state index in [9.17, 15) is 14.4 Å². The fourth-order valence-electron chi connectivity index (χ4n) is 2.07. The smallest absolute Gasteiger partial charge is 0.192 e. The summed E-state index contributed by atoms with van der Waals surface area (Å²) in [7, 11) is -2.06. The summed E-state index contributed by atoms with van der Waals surface area (Å²) in [6, 6.07) is 0. The molecule has 4 nitrogen and oxygen atoms in total. The number of allylic oxidation sites excluding steroid dienone is 2. The van der Waals surface area contributed by atoms with Gasteiger partial charge < -0.3 is 4.43 Å². The molecule has 0 radical (unpaired) electrons. The summed E-state index contributed by atoms with van der Waals surface area (Å²) < 4.78 is 6.26. The number of carbonyl (C=O) groups is 3. The summed E-state index contributed by atoms with van der Waals surface area (Å²) in [6.07, 6.45) is 3.23. The van der Waals surface area contributed by atoms with Gasteiger partial charge in [-0.05, 0) is 36.7 Å². The molecule has 5 heteroatoms. The summed E-state index contributed by atoms with van der Waals surface area (Å²) in [5.41, 5.74) is 0.723. The van der Waals surface area contributed by atoms with Crippen LogP contribution in [0.15, 0.2) is 23.3 Å². The highest BCUT2D eigenvalue weighted by atomic mass is 28.4. The Labute approximate surface area is 127 Å². The minimum absolute atomic E-state index is 0.00844. The van der Waals surface area contributed by atoms with E-state index in [1.54, 1.807) is 0 Å². The normalized spacial score (nSPS) is 20.5. The number of aldehydes is 1. The monoisotopic (exact) mass is 308 g/mol. The number of rotatable bonds is 5.